The second-order valence-corrected chi connectivity index (χ2v) is 9.91. The lowest BCUT2D eigenvalue weighted by Crippen LogP contribution is -2.39. The fraction of sp³-hybridized carbons (Fsp3) is 0.423. The number of fused-ring (bicyclic) bond motifs is 1. The average Bonchev–Trinajstić information content (AvgIpc) is 3.66. The fourth-order valence-corrected chi connectivity index (χ4v) is 5.03. The molecule has 12 nitrogen and oxygen atoms in total. The number of ether oxygens (including phenoxy) is 3. The van der Waals surface area contributed by atoms with E-state index in [0.29, 0.717) is 31.9 Å². The molecule has 39 heavy (non-hydrogen) atoms. The third kappa shape index (κ3) is 6.77. The predicted octanol–water partition coefficient (Wildman–Crippen LogP) is 3.83. The number of carbonyl (C=O) groups is 3. The number of aromatic nitrogens is 3. The SMILES string of the molecule is CCC(C(=O)OCOC(=O)N1CCN=C1Nc1ccc2[nH]ccc2c1Br)C(COC(C)=O)Cc1cncn1C. The smallest absolute Gasteiger partial charge is 0.419 e. The highest BCUT2D eigenvalue weighted by Gasteiger charge is 2.31. The van der Waals surface area contributed by atoms with E-state index in [-0.39, 0.29) is 12.5 Å². The summed E-state index contributed by atoms with van der Waals surface area (Å²) >= 11 is 3.59. The fourth-order valence-electron chi connectivity index (χ4n) is 4.45. The molecule has 2 atom stereocenters. The van der Waals surface area contributed by atoms with Crippen LogP contribution in [0.15, 0.2) is 46.4 Å². The van der Waals surface area contributed by atoms with Crippen LogP contribution in [0.5, 0.6) is 0 Å². The molecule has 0 bridgehead atoms. The number of benzene rings is 1. The largest absolute Gasteiger partial charge is 0.466 e. The summed E-state index contributed by atoms with van der Waals surface area (Å²) in [6.45, 7) is 3.41. The van der Waals surface area contributed by atoms with Crippen LogP contribution < -0.4 is 5.32 Å². The normalized spacial score (nSPS) is 14.6. The average molecular weight is 603 g/mol. The van der Waals surface area contributed by atoms with Crippen molar-refractivity contribution in [2.45, 2.75) is 26.7 Å². The number of aliphatic imine (C=N–C) groups is 1. The lowest BCUT2D eigenvalue weighted by atomic mass is 9.87. The van der Waals surface area contributed by atoms with Crippen LogP contribution in [-0.2, 0) is 37.3 Å². The third-order valence-electron chi connectivity index (χ3n) is 6.56. The first-order valence-electron chi connectivity index (χ1n) is 12.5. The number of esters is 2. The van der Waals surface area contributed by atoms with Crippen molar-refractivity contribution < 1.29 is 28.6 Å². The van der Waals surface area contributed by atoms with Crippen LogP contribution in [-0.4, -0.2) is 69.9 Å². The molecule has 1 aromatic carbocycles. The van der Waals surface area contributed by atoms with Gasteiger partial charge >= 0.3 is 18.0 Å². The topological polar surface area (TPSA) is 140 Å². The molecule has 0 radical (unpaired) electrons. The number of carbonyl (C=O) groups excluding carboxylic acids is 3. The number of hydrogen-bond acceptors (Lipinski definition) is 9. The van der Waals surface area contributed by atoms with E-state index in [0.717, 1.165) is 26.8 Å². The number of rotatable bonds is 10. The number of nitrogens with one attached hydrogen (secondary N) is 2. The number of guanidine groups is 1. The molecule has 2 N–H and O–H groups in total. The monoisotopic (exact) mass is 602 g/mol. The van der Waals surface area contributed by atoms with Gasteiger partial charge in [-0.05, 0) is 47.0 Å². The highest BCUT2D eigenvalue weighted by Crippen LogP contribution is 2.31. The molecule has 1 amide bonds. The molecule has 3 heterocycles. The van der Waals surface area contributed by atoms with Gasteiger partial charge in [0.2, 0.25) is 12.8 Å². The molecule has 2 aromatic heterocycles. The van der Waals surface area contributed by atoms with E-state index in [1.54, 1.807) is 12.5 Å². The summed E-state index contributed by atoms with van der Waals surface area (Å²) < 4.78 is 18.5. The van der Waals surface area contributed by atoms with Gasteiger partial charge in [0, 0.05) is 48.9 Å². The maximum atomic E-state index is 13.0. The van der Waals surface area contributed by atoms with Gasteiger partial charge in [-0.3, -0.25) is 14.6 Å². The molecular weight excluding hydrogens is 572 g/mol. The Morgan fingerprint density at radius 1 is 1.21 bits per heavy atom. The summed E-state index contributed by atoms with van der Waals surface area (Å²) in [7, 11) is 1.85. The van der Waals surface area contributed by atoms with Crippen LogP contribution in [0.25, 0.3) is 10.9 Å². The van der Waals surface area contributed by atoms with Crippen LogP contribution >= 0.6 is 15.9 Å². The zero-order valence-corrected chi connectivity index (χ0v) is 23.6. The van der Waals surface area contributed by atoms with E-state index < -0.39 is 30.7 Å². The molecular formula is C26H31BrN6O6. The molecule has 208 valence electrons. The van der Waals surface area contributed by atoms with E-state index in [1.807, 2.05) is 42.9 Å². The van der Waals surface area contributed by atoms with Gasteiger partial charge < -0.3 is 29.1 Å². The van der Waals surface area contributed by atoms with Gasteiger partial charge in [0.15, 0.2) is 0 Å². The number of amides is 1. The first-order chi connectivity index (χ1) is 18.8. The number of aromatic amines is 1. The van der Waals surface area contributed by atoms with E-state index >= 15 is 0 Å². The summed E-state index contributed by atoms with van der Waals surface area (Å²) in [5.41, 5.74) is 2.60. The second-order valence-electron chi connectivity index (χ2n) is 9.12. The predicted molar refractivity (Wildman–Crippen MR) is 147 cm³/mol. The molecule has 0 aliphatic carbocycles. The maximum Gasteiger partial charge on any atom is 0.419 e. The summed E-state index contributed by atoms with van der Waals surface area (Å²) in [5, 5.41) is 4.16. The number of nitrogens with zero attached hydrogens (tertiary/aromatic N) is 4. The van der Waals surface area contributed by atoms with Gasteiger partial charge in [-0.15, -0.1) is 0 Å². The molecule has 0 fully saturated rings. The zero-order chi connectivity index (χ0) is 27.9. The van der Waals surface area contributed by atoms with Crippen LogP contribution in [0.2, 0.25) is 0 Å². The minimum Gasteiger partial charge on any atom is -0.466 e. The van der Waals surface area contributed by atoms with Crippen molar-refractivity contribution in [2.75, 3.05) is 31.8 Å². The first-order valence-corrected chi connectivity index (χ1v) is 13.3. The maximum absolute atomic E-state index is 13.0. The number of halogens is 1. The lowest BCUT2D eigenvalue weighted by molar-refractivity contribution is -0.162. The minimum absolute atomic E-state index is 0.0529. The Balaban J connectivity index is 1.33. The highest BCUT2D eigenvalue weighted by atomic mass is 79.9. The molecule has 0 saturated heterocycles. The van der Waals surface area contributed by atoms with Crippen molar-refractivity contribution in [1.29, 1.82) is 0 Å². The van der Waals surface area contributed by atoms with Crippen LogP contribution in [0, 0.1) is 11.8 Å². The van der Waals surface area contributed by atoms with Crippen LogP contribution in [0.3, 0.4) is 0 Å². The van der Waals surface area contributed by atoms with Crippen LogP contribution in [0.1, 0.15) is 26.0 Å². The Morgan fingerprint density at radius 2 is 2.03 bits per heavy atom. The molecule has 4 rings (SSSR count). The second kappa shape index (κ2) is 12.8. The van der Waals surface area contributed by atoms with Gasteiger partial charge in [-0.2, -0.15) is 0 Å². The van der Waals surface area contributed by atoms with Crippen molar-refractivity contribution >= 4 is 56.5 Å². The summed E-state index contributed by atoms with van der Waals surface area (Å²) in [4.78, 5) is 50.2. The van der Waals surface area contributed by atoms with Crippen molar-refractivity contribution in [3.05, 3.63) is 47.1 Å². The number of hydrogen-bond donors (Lipinski definition) is 2. The Labute approximate surface area is 233 Å². The van der Waals surface area contributed by atoms with Gasteiger partial charge in [-0.25, -0.2) is 14.7 Å². The molecule has 0 saturated carbocycles. The standard InChI is InChI=1S/C26H31BrN6O6/c1-4-19(17(13-37-16(2)34)11-18-12-28-14-32(18)3)24(35)38-15-39-26(36)33-10-9-30-25(33)31-22-6-5-21-20(23(22)27)7-8-29-21/h5-8,12,14,17,19,29H,4,9-11,13,15H2,1-3H3,(H,30,31). The number of imidazole rings is 1. The highest BCUT2D eigenvalue weighted by molar-refractivity contribution is 9.10. The molecule has 1 aliphatic rings. The zero-order valence-electron chi connectivity index (χ0n) is 22.0. The summed E-state index contributed by atoms with van der Waals surface area (Å²) in [6.07, 6.45) is 5.43. The van der Waals surface area contributed by atoms with Crippen molar-refractivity contribution in [3.63, 3.8) is 0 Å². The van der Waals surface area contributed by atoms with E-state index in [9.17, 15) is 14.4 Å². The van der Waals surface area contributed by atoms with E-state index in [4.69, 9.17) is 14.2 Å². The Kier molecular flexibility index (Phi) is 9.23. The van der Waals surface area contributed by atoms with Crippen molar-refractivity contribution in [2.24, 2.45) is 23.9 Å². The van der Waals surface area contributed by atoms with Crippen molar-refractivity contribution in [1.82, 2.24) is 19.4 Å². The molecule has 1 aliphatic heterocycles. The first kappa shape index (κ1) is 28.1. The molecule has 13 heteroatoms. The van der Waals surface area contributed by atoms with E-state index in [1.165, 1.54) is 11.8 Å². The summed E-state index contributed by atoms with van der Waals surface area (Å²) in [6, 6.07) is 5.74. The van der Waals surface area contributed by atoms with Crippen LogP contribution in [0.4, 0.5) is 10.5 Å². The molecule has 3 aromatic rings. The van der Waals surface area contributed by atoms with Gasteiger partial charge in [-0.1, -0.05) is 6.92 Å². The lowest BCUT2D eigenvalue weighted by Gasteiger charge is -2.25. The molecule has 0 spiro atoms. The Bertz CT molecular complexity index is 1370. The quantitative estimate of drug-likeness (QED) is 0.263. The Morgan fingerprint density at radius 3 is 2.74 bits per heavy atom. The summed E-state index contributed by atoms with van der Waals surface area (Å²) in [5.74, 6) is -1.55. The van der Waals surface area contributed by atoms with Gasteiger partial charge in [0.25, 0.3) is 0 Å². The Hall–Kier alpha value is -3.87. The minimum atomic E-state index is -0.690. The van der Waals surface area contributed by atoms with Gasteiger partial charge in [0.05, 0.1) is 42.1 Å². The number of H-pyrrole nitrogens is 1. The number of aryl methyl sites for hydroxylation is 1. The molecule has 2 unspecified atom stereocenters. The van der Waals surface area contributed by atoms with E-state index in [2.05, 4.69) is 36.2 Å². The third-order valence-corrected chi connectivity index (χ3v) is 7.41. The van der Waals surface area contributed by atoms with Crippen molar-refractivity contribution in [3.8, 4) is 0 Å². The van der Waals surface area contributed by atoms with Gasteiger partial charge in [0.1, 0.15) is 0 Å². The number of anilines is 1.